The van der Waals surface area contributed by atoms with E-state index < -0.39 is 11.4 Å². The van der Waals surface area contributed by atoms with Crippen molar-refractivity contribution in [3.8, 4) is 0 Å². The summed E-state index contributed by atoms with van der Waals surface area (Å²) in [5.74, 6) is -0.582. The summed E-state index contributed by atoms with van der Waals surface area (Å²) in [5.41, 5.74) is -0.0989. The second-order valence-electron chi connectivity index (χ2n) is 3.51. The fraction of sp³-hybridized carbons (Fsp3) is 0.444. The topological polar surface area (TPSA) is 63.1 Å². The highest BCUT2D eigenvalue weighted by atomic mass is 16.4. The third-order valence-electron chi connectivity index (χ3n) is 1.87. The molecule has 0 fully saturated rings. The van der Waals surface area contributed by atoms with E-state index in [4.69, 9.17) is 5.11 Å². The van der Waals surface area contributed by atoms with Gasteiger partial charge in [-0.05, 0) is 26.3 Å². The lowest BCUT2D eigenvalue weighted by Crippen LogP contribution is -2.30. The molecule has 1 heterocycles. The molecule has 0 spiro atoms. The zero-order valence-corrected chi connectivity index (χ0v) is 7.90. The van der Waals surface area contributed by atoms with Crippen LogP contribution in [-0.2, 0) is 10.2 Å². The number of aromatic nitrogens is 2. The molecule has 0 aliphatic carbocycles. The number of aryl methyl sites for hydroxylation is 1. The van der Waals surface area contributed by atoms with Crippen molar-refractivity contribution < 1.29 is 9.90 Å². The molecule has 0 radical (unpaired) electrons. The van der Waals surface area contributed by atoms with Gasteiger partial charge < -0.3 is 5.11 Å². The maximum absolute atomic E-state index is 10.8. The molecule has 70 valence electrons. The first kappa shape index (κ1) is 9.64. The summed E-state index contributed by atoms with van der Waals surface area (Å²) < 4.78 is 0. The number of hydrogen-bond acceptors (Lipinski definition) is 3. The Morgan fingerprint density at radius 2 is 1.85 bits per heavy atom. The van der Waals surface area contributed by atoms with Gasteiger partial charge in [-0.15, -0.1) is 0 Å². The first-order valence-electron chi connectivity index (χ1n) is 3.97. The number of carboxylic acid groups (broad SMARTS) is 1. The Labute approximate surface area is 76.7 Å². The predicted octanol–water partition coefficient (Wildman–Crippen LogP) is 1.15. The second kappa shape index (κ2) is 3.12. The van der Waals surface area contributed by atoms with Gasteiger partial charge in [0.05, 0.1) is 0 Å². The number of carbonyl (C=O) groups is 1. The molecule has 0 saturated heterocycles. The van der Waals surface area contributed by atoms with Crippen molar-refractivity contribution in [2.75, 3.05) is 0 Å². The normalized spacial score (nSPS) is 11.3. The van der Waals surface area contributed by atoms with Crippen LogP contribution in [0.1, 0.15) is 25.2 Å². The smallest absolute Gasteiger partial charge is 0.316 e. The molecular formula is C9H12N2O2. The van der Waals surface area contributed by atoms with Gasteiger partial charge in [0.1, 0.15) is 11.2 Å². The fourth-order valence-corrected chi connectivity index (χ4v) is 0.811. The minimum atomic E-state index is -1.02. The van der Waals surface area contributed by atoms with Crippen molar-refractivity contribution >= 4 is 5.97 Å². The minimum Gasteiger partial charge on any atom is -0.481 e. The van der Waals surface area contributed by atoms with Gasteiger partial charge in [0.15, 0.2) is 0 Å². The van der Waals surface area contributed by atoms with E-state index >= 15 is 0 Å². The van der Waals surface area contributed by atoms with Crippen LogP contribution >= 0.6 is 0 Å². The van der Waals surface area contributed by atoms with E-state index in [-0.39, 0.29) is 0 Å². The minimum absolute atomic E-state index is 0.339. The molecule has 1 rings (SSSR count). The number of aliphatic carboxylic acids is 1. The van der Waals surface area contributed by atoms with Crippen molar-refractivity contribution in [3.05, 3.63) is 23.8 Å². The van der Waals surface area contributed by atoms with Crippen molar-refractivity contribution in [1.82, 2.24) is 9.97 Å². The third kappa shape index (κ3) is 1.83. The van der Waals surface area contributed by atoms with Crippen molar-refractivity contribution in [2.24, 2.45) is 0 Å². The molecule has 0 saturated carbocycles. The average Bonchev–Trinajstić information content (AvgIpc) is 2.04. The van der Waals surface area contributed by atoms with E-state index in [2.05, 4.69) is 9.97 Å². The second-order valence-corrected chi connectivity index (χ2v) is 3.51. The molecule has 4 heteroatoms. The molecule has 0 aliphatic rings. The Kier molecular flexibility index (Phi) is 2.32. The standard InChI is InChI=1S/C9H12N2O2/c1-6-4-10-7(11-5-6)9(2,3)8(12)13/h4-5H,1-3H3,(H,12,13). The number of carboxylic acids is 1. The summed E-state index contributed by atoms with van der Waals surface area (Å²) in [7, 11) is 0. The van der Waals surface area contributed by atoms with E-state index in [0.29, 0.717) is 5.82 Å². The molecule has 13 heavy (non-hydrogen) atoms. The Bertz CT molecular complexity index is 317. The molecule has 0 aliphatic heterocycles. The van der Waals surface area contributed by atoms with E-state index in [1.165, 1.54) is 0 Å². The highest BCUT2D eigenvalue weighted by Gasteiger charge is 2.32. The lowest BCUT2D eigenvalue weighted by molar-refractivity contribution is -0.142. The van der Waals surface area contributed by atoms with Crippen molar-refractivity contribution in [2.45, 2.75) is 26.2 Å². The Morgan fingerprint density at radius 3 is 2.23 bits per heavy atom. The van der Waals surface area contributed by atoms with E-state index in [9.17, 15) is 4.79 Å². The summed E-state index contributed by atoms with van der Waals surface area (Å²) in [6.07, 6.45) is 3.24. The number of nitrogens with zero attached hydrogens (tertiary/aromatic N) is 2. The summed E-state index contributed by atoms with van der Waals surface area (Å²) >= 11 is 0. The Morgan fingerprint density at radius 1 is 1.38 bits per heavy atom. The van der Waals surface area contributed by atoms with E-state index in [0.717, 1.165) is 5.56 Å². The zero-order valence-electron chi connectivity index (χ0n) is 7.90. The molecule has 1 N–H and O–H groups in total. The lowest BCUT2D eigenvalue weighted by atomic mass is 9.93. The largest absolute Gasteiger partial charge is 0.481 e. The molecule has 0 unspecified atom stereocenters. The van der Waals surface area contributed by atoms with Crippen LogP contribution in [0, 0.1) is 6.92 Å². The number of hydrogen-bond donors (Lipinski definition) is 1. The summed E-state index contributed by atoms with van der Waals surface area (Å²) in [6.45, 7) is 5.03. The summed E-state index contributed by atoms with van der Waals surface area (Å²) in [4.78, 5) is 18.8. The molecule has 0 bridgehead atoms. The van der Waals surface area contributed by atoms with Gasteiger partial charge in [-0.2, -0.15) is 0 Å². The van der Waals surface area contributed by atoms with Crippen LogP contribution in [0.3, 0.4) is 0 Å². The van der Waals surface area contributed by atoms with Gasteiger partial charge in [-0.3, -0.25) is 4.79 Å². The van der Waals surface area contributed by atoms with Crippen LogP contribution in [-0.4, -0.2) is 21.0 Å². The SMILES string of the molecule is Cc1cnc(C(C)(C)C(=O)O)nc1. The first-order chi connectivity index (χ1) is 5.94. The molecule has 4 nitrogen and oxygen atoms in total. The molecular weight excluding hydrogens is 168 g/mol. The molecule has 1 aromatic rings. The van der Waals surface area contributed by atoms with Crippen molar-refractivity contribution in [3.63, 3.8) is 0 Å². The monoisotopic (exact) mass is 180 g/mol. The van der Waals surface area contributed by atoms with E-state index in [1.807, 2.05) is 6.92 Å². The first-order valence-corrected chi connectivity index (χ1v) is 3.97. The average molecular weight is 180 g/mol. The predicted molar refractivity (Wildman–Crippen MR) is 47.4 cm³/mol. The zero-order chi connectivity index (χ0) is 10.1. The van der Waals surface area contributed by atoms with Crippen LogP contribution in [0.5, 0.6) is 0 Å². The summed E-state index contributed by atoms with van der Waals surface area (Å²) in [5, 5.41) is 8.88. The third-order valence-corrected chi connectivity index (χ3v) is 1.87. The molecule has 0 atom stereocenters. The van der Waals surface area contributed by atoms with Gasteiger partial charge in [-0.1, -0.05) is 0 Å². The van der Waals surface area contributed by atoms with Gasteiger partial charge in [0.2, 0.25) is 0 Å². The Hall–Kier alpha value is -1.45. The molecule has 0 aromatic carbocycles. The maximum atomic E-state index is 10.8. The summed E-state index contributed by atoms with van der Waals surface area (Å²) in [6, 6.07) is 0. The molecule has 1 aromatic heterocycles. The quantitative estimate of drug-likeness (QED) is 0.741. The highest BCUT2D eigenvalue weighted by molar-refractivity contribution is 5.78. The highest BCUT2D eigenvalue weighted by Crippen LogP contribution is 2.18. The van der Waals surface area contributed by atoms with Crippen LogP contribution in [0.15, 0.2) is 12.4 Å². The van der Waals surface area contributed by atoms with Crippen LogP contribution in [0.2, 0.25) is 0 Å². The van der Waals surface area contributed by atoms with Gasteiger partial charge in [-0.25, -0.2) is 9.97 Å². The van der Waals surface area contributed by atoms with E-state index in [1.54, 1.807) is 26.2 Å². The van der Waals surface area contributed by atoms with Gasteiger partial charge >= 0.3 is 5.97 Å². The van der Waals surface area contributed by atoms with Crippen molar-refractivity contribution in [1.29, 1.82) is 0 Å². The fourth-order valence-electron chi connectivity index (χ4n) is 0.811. The van der Waals surface area contributed by atoms with Gasteiger partial charge in [0, 0.05) is 12.4 Å². The Balaban J connectivity index is 3.08. The lowest BCUT2D eigenvalue weighted by Gasteiger charge is -2.16. The van der Waals surface area contributed by atoms with Gasteiger partial charge in [0.25, 0.3) is 0 Å². The maximum Gasteiger partial charge on any atom is 0.316 e. The van der Waals surface area contributed by atoms with Crippen LogP contribution in [0.25, 0.3) is 0 Å². The van der Waals surface area contributed by atoms with Crippen LogP contribution in [0.4, 0.5) is 0 Å². The number of rotatable bonds is 2. The molecule has 0 amide bonds. The van der Waals surface area contributed by atoms with Crippen LogP contribution < -0.4 is 0 Å².